The molecule has 1 heteroatoms. The molecule has 0 bridgehead atoms. The van der Waals surface area contributed by atoms with E-state index in [1.54, 1.807) is 0 Å². The molecule has 0 saturated carbocycles. The van der Waals surface area contributed by atoms with E-state index in [4.69, 9.17) is 0 Å². The van der Waals surface area contributed by atoms with Gasteiger partial charge in [0.1, 0.15) is 0 Å². The number of hydrogen-bond acceptors (Lipinski definition) is 0. The van der Waals surface area contributed by atoms with E-state index < -0.39 is 0 Å². The predicted octanol–water partition coefficient (Wildman–Crippen LogP) is 3.94. The molecule has 0 radical (unpaired) electrons. The molecule has 0 aliphatic carbocycles. The van der Waals surface area contributed by atoms with Crippen LogP contribution in [-0.4, -0.2) is 15.0 Å². The molecular formula is C15H14Se. The molecule has 0 spiro atoms. The van der Waals surface area contributed by atoms with Crippen molar-refractivity contribution in [2.45, 2.75) is 5.82 Å². The van der Waals surface area contributed by atoms with Crippen LogP contribution in [0.1, 0.15) is 11.1 Å². The van der Waals surface area contributed by atoms with Crippen LogP contribution in [0.4, 0.5) is 0 Å². The summed E-state index contributed by atoms with van der Waals surface area (Å²) in [5.74, 6) is 2.26. The van der Waals surface area contributed by atoms with Gasteiger partial charge in [-0.05, 0) is 0 Å². The van der Waals surface area contributed by atoms with Crippen molar-refractivity contribution in [1.82, 2.24) is 0 Å². The Labute approximate surface area is 103 Å². The van der Waals surface area contributed by atoms with E-state index in [1.807, 2.05) is 0 Å². The van der Waals surface area contributed by atoms with Crippen molar-refractivity contribution < 1.29 is 0 Å². The molecule has 0 aliphatic rings. The second-order valence-corrected chi connectivity index (χ2v) is 5.27. The second kappa shape index (κ2) is 5.69. The average Bonchev–Trinajstić information content (AvgIpc) is 2.38. The topological polar surface area (TPSA) is 0 Å². The van der Waals surface area contributed by atoms with Crippen LogP contribution in [0.3, 0.4) is 0 Å². The van der Waals surface area contributed by atoms with Gasteiger partial charge in [-0.25, -0.2) is 0 Å². The Morgan fingerprint density at radius 2 is 1.44 bits per heavy atom. The van der Waals surface area contributed by atoms with Gasteiger partial charge < -0.3 is 0 Å². The third-order valence-electron chi connectivity index (χ3n) is 2.38. The summed E-state index contributed by atoms with van der Waals surface area (Å²) in [4.78, 5) is 0. The quantitative estimate of drug-likeness (QED) is 0.587. The van der Waals surface area contributed by atoms with Crippen molar-refractivity contribution >= 4 is 25.5 Å². The van der Waals surface area contributed by atoms with E-state index in [2.05, 4.69) is 72.6 Å². The third kappa shape index (κ3) is 2.85. The maximum absolute atomic E-state index is 2.29. The van der Waals surface area contributed by atoms with Gasteiger partial charge in [0.15, 0.2) is 0 Å². The van der Waals surface area contributed by atoms with Crippen LogP contribution in [0.5, 0.6) is 0 Å². The first kappa shape index (κ1) is 11.2. The zero-order chi connectivity index (χ0) is 11.2. The van der Waals surface area contributed by atoms with E-state index in [-0.39, 0.29) is 0 Å². The molecule has 2 aromatic rings. The molecule has 0 N–H and O–H groups in total. The first-order valence-electron chi connectivity index (χ1n) is 5.26. The number of benzene rings is 2. The molecule has 2 rings (SSSR count). The molecule has 0 saturated heterocycles. The van der Waals surface area contributed by atoms with Crippen molar-refractivity contribution in [3.05, 3.63) is 71.8 Å². The zero-order valence-corrected chi connectivity index (χ0v) is 11.0. The molecule has 0 fully saturated rings. The third-order valence-corrected chi connectivity index (χ3v) is 4.04. The summed E-state index contributed by atoms with van der Waals surface area (Å²) in [5.41, 5.74) is 2.62. The average molecular weight is 273 g/mol. The first-order chi connectivity index (χ1) is 7.90. The van der Waals surface area contributed by atoms with Crippen molar-refractivity contribution in [3.63, 3.8) is 0 Å². The second-order valence-electron chi connectivity index (χ2n) is 3.49. The Hall–Kier alpha value is -1.30. The van der Waals surface area contributed by atoms with Crippen LogP contribution < -0.4 is 0 Å². The molecule has 0 amide bonds. The van der Waals surface area contributed by atoms with Crippen LogP contribution in [0, 0.1) is 0 Å². The van der Waals surface area contributed by atoms with E-state index in [0.29, 0.717) is 15.0 Å². The Bertz CT molecular complexity index is 457. The number of rotatable bonds is 3. The van der Waals surface area contributed by atoms with Gasteiger partial charge in [0.05, 0.1) is 0 Å². The predicted molar refractivity (Wildman–Crippen MR) is 72.4 cm³/mol. The maximum atomic E-state index is 2.29. The van der Waals surface area contributed by atoms with E-state index in [1.165, 1.54) is 15.6 Å². The van der Waals surface area contributed by atoms with Crippen LogP contribution in [0.2, 0.25) is 5.82 Å². The van der Waals surface area contributed by atoms with E-state index in [0.717, 1.165) is 0 Å². The van der Waals surface area contributed by atoms with Gasteiger partial charge in [0.2, 0.25) is 0 Å². The van der Waals surface area contributed by atoms with Crippen LogP contribution in [0.15, 0.2) is 60.7 Å². The Morgan fingerprint density at radius 1 is 0.875 bits per heavy atom. The summed E-state index contributed by atoms with van der Waals surface area (Å²) < 4.78 is 1.44. The molecule has 0 heterocycles. The first-order valence-corrected chi connectivity index (χ1v) is 7.83. The minimum absolute atomic E-state index is 0.511. The molecule has 0 atom stereocenters. The van der Waals surface area contributed by atoms with Crippen LogP contribution in [0.25, 0.3) is 10.5 Å². The molecule has 0 unspecified atom stereocenters. The molecule has 0 aliphatic heterocycles. The van der Waals surface area contributed by atoms with Gasteiger partial charge in [-0.15, -0.1) is 0 Å². The summed E-state index contributed by atoms with van der Waals surface area (Å²) >= 11 is 0.511. The van der Waals surface area contributed by atoms with Crippen LogP contribution >= 0.6 is 0 Å². The summed E-state index contributed by atoms with van der Waals surface area (Å²) in [6, 6.07) is 21.1. The Balaban J connectivity index is 2.34. The number of hydrogen-bond donors (Lipinski definition) is 0. The van der Waals surface area contributed by atoms with Gasteiger partial charge in [-0.1, -0.05) is 0 Å². The molecule has 2 aromatic carbocycles. The van der Waals surface area contributed by atoms with Crippen molar-refractivity contribution in [2.75, 3.05) is 0 Å². The molecule has 16 heavy (non-hydrogen) atoms. The normalized spacial score (nSPS) is 11.4. The SMILES string of the molecule is C[Se]/C(=C\c1ccccc1)c1ccccc1. The van der Waals surface area contributed by atoms with Gasteiger partial charge in [-0.3, -0.25) is 0 Å². The van der Waals surface area contributed by atoms with Gasteiger partial charge in [0, 0.05) is 0 Å². The van der Waals surface area contributed by atoms with Crippen molar-refractivity contribution in [1.29, 1.82) is 0 Å². The summed E-state index contributed by atoms with van der Waals surface area (Å²) in [6.07, 6.45) is 2.29. The minimum atomic E-state index is 0.511. The molecule has 0 aromatic heterocycles. The molecule has 80 valence electrons. The summed E-state index contributed by atoms with van der Waals surface area (Å²) in [7, 11) is 0. The summed E-state index contributed by atoms with van der Waals surface area (Å²) in [5, 5.41) is 0. The van der Waals surface area contributed by atoms with Gasteiger partial charge in [0.25, 0.3) is 0 Å². The monoisotopic (exact) mass is 274 g/mol. The fourth-order valence-electron chi connectivity index (χ4n) is 1.56. The van der Waals surface area contributed by atoms with Crippen molar-refractivity contribution in [3.8, 4) is 0 Å². The zero-order valence-electron chi connectivity index (χ0n) is 9.26. The fraction of sp³-hybridized carbons (Fsp3) is 0.0667. The Kier molecular flexibility index (Phi) is 3.98. The molecular weight excluding hydrogens is 259 g/mol. The standard InChI is InChI=1S/C15H14Se/c1-16-15(14-10-6-3-7-11-14)12-13-8-4-2-5-9-13/h2-12H,1H3/b15-12-. The van der Waals surface area contributed by atoms with Crippen molar-refractivity contribution in [2.24, 2.45) is 0 Å². The summed E-state index contributed by atoms with van der Waals surface area (Å²) in [6.45, 7) is 0. The fourth-order valence-corrected chi connectivity index (χ4v) is 2.88. The van der Waals surface area contributed by atoms with Gasteiger partial charge >= 0.3 is 103 Å². The van der Waals surface area contributed by atoms with E-state index >= 15 is 0 Å². The van der Waals surface area contributed by atoms with Crippen LogP contribution in [-0.2, 0) is 0 Å². The Morgan fingerprint density at radius 3 is 2.00 bits per heavy atom. The van der Waals surface area contributed by atoms with Gasteiger partial charge in [-0.2, -0.15) is 0 Å². The van der Waals surface area contributed by atoms with E-state index in [9.17, 15) is 0 Å². The molecule has 0 nitrogen and oxygen atoms in total.